The van der Waals surface area contributed by atoms with Gasteiger partial charge in [-0.05, 0) is 11.6 Å². The molecule has 0 atom stereocenters. The number of carbonyl (C=O) groups excluding carboxylic acids is 1. The number of carbonyl (C=O) groups is 1. The summed E-state index contributed by atoms with van der Waals surface area (Å²) in [4.78, 5) is 14.8. The number of nitrogens with zero attached hydrogens (tertiary/aromatic N) is 1. The van der Waals surface area contributed by atoms with Crippen molar-refractivity contribution in [2.45, 2.75) is 18.7 Å². The predicted octanol–water partition coefficient (Wildman–Crippen LogP) is 2.88. The third-order valence-corrected chi connectivity index (χ3v) is 3.94. The van der Waals surface area contributed by atoms with Crippen molar-refractivity contribution in [3.63, 3.8) is 0 Å². The maximum Gasteiger partial charge on any atom is 0.534 e. The Morgan fingerprint density at radius 2 is 1.85 bits per heavy atom. The zero-order valence-corrected chi connectivity index (χ0v) is 14.2. The number of pyridine rings is 1. The molecule has 0 fully saturated rings. The molecule has 0 aliphatic carbocycles. The Bertz CT molecular complexity index is 904. The fourth-order valence-electron chi connectivity index (χ4n) is 1.76. The van der Waals surface area contributed by atoms with Gasteiger partial charge in [-0.25, -0.2) is 14.2 Å². The maximum absolute atomic E-state index is 13.3. The molecule has 146 valence electrons. The van der Waals surface area contributed by atoms with E-state index in [0.29, 0.717) is 17.8 Å². The fourth-order valence-corrected chi connectivity index (χ4v) is 2.22. The van der Waals surface area contributed by atoms with Crippen molar-refractivity contribution in [3.05, 3.63) is 59.5 Å². The highest BCUT2D eigenvalue weighted by molar-refractivity contribution is 7.87. The van der Waals surface area contributed by atoms with Crippen molar-refractivity contribution in [2.75, 3.05) is 0 Å². The highest BCUT2D eigenvalue weighted by atomic mass is 32.2. The number of benzene rings is 1. The highest BCUT2D eigenvalue weighted by Crippen LogP contribution is 2.27. The smallest absolute Gasteiger partial charge is 0.445 e. The van der Waals surface area contributed by atoms with Crippen molar-refractivity contribution in [1.82, 2.24) is 10.3 Å². The largest absolute Gasteiger partial charge is 0.534 e. The van der Waals surface area contributed by atoms with Gasteiger partial charge in [0.1, 0.15) is 12.4 Å². The Labute approximate surface area is 151 Å². The molecular weight excluding hydrogens is 396 g/mol. The minimum Gasteiger partial charge on any atom is -0.445 e. The number of alkyl halides is 3. The Balaban J connectivity index is 2.03. The zero-order chi connectivity index (χ0) is 20.1. The Hall–Kier alpha value is -2.89. The average Bonchev–Trinajstić information content (AvgIpc) is 2.60. The summed E-state index contributed by atoms with van der Waals surface area (Å²) in [5, 5.41) is 2.14. The van der Waals surface area contributed by atoms with Crippen LogP contribution < -0.4 is 9.50 Å². The number of ether oxygens (including phenoxy) is 1. The van der Waals surface area contributed by atoms with Gasteiger partial charge in [0.25, 0.3) is 0 Å². The second-order valence-electron chi connectivity index (χ2n) is 5.02. The van der Waals surface area contributed by atoms with E-state index in [1.165, 1.54) is 0 Å². The summed E-state index contributed by atoms with van der Waals surface area (Å²) in [6.07, 6.45) is -0.494. The molecule has 12 heteroatoms. The maximum atomic E-state index is 13.3. The van der Waals surface area contributed by atoms with Gasteiger partial charge in [-0.15, -0.1) is 0 Å². The lowest BCUT2D eigenvalue weighted by molar-refractivity contribution is -0.0501. The standard InChI is InChI=1S/C15H12F4N2O5S/c16-12-6-11(13(20-8-12)26-27(23,24)15(17,18)19)7-21-14(22)25-9-10-4-2-1-3-5-10/h1-6,8H,7,9H2,(H,21,22). The predicted molar refractivity (Wildman–Crippen MR) is 83.3 cm³/mol. The minimum atomic E-state index is -6.00. The van der Waals surface area contributed by atoms with Crippen LogP contribution in [0.1, 0.15) is 11.1 Å². The zero-order valence-electron chi connectivity index (χ0n) is 13.4. The molecular formula is C15H12F4N2O5S. The Morgan fingerprint density at radius 1 is 1.19 bits per heavy atom. The summed E-state index contributed by atoms with van der Waals surface area (Å²) in [6.45, 7) is -0.666. The van der Waals surface area contributed by atoms with E-state index in [1.807, 2.05) is 0 Å². The van der Waals surface area contributed by atoms with Crippen LogP contribution in [0.2, 0.25) is 0 Å². The number of aromatic nitrogens is 1. The molecule has 0 radical (unpaired) electrons. The van der Waals surface area contributed by atoms with Crippen molar-refractivity contribution < 1.29 is 39.7 Å². The first kappa shape index (κ1) is 20.4. The molecule has 0 aliphatic rings. The quantitative estimate of drug-likeness (QED) is 0.449. The van der Waals surface area contributed by atoms with Crippen LogP contribution in [0, 0.1) is 5.82 Å². The summed E-state index contributed by atoms with van der Waals surface area (Å²) in [5.74, 6) is -1.99. The van der Waals surface area contributed by atoms with E-state index in [2.05, 4.69) is 14.5 Å². The van der Waals surface area contributed by atoms with Gasteiger partial charge in [-0.2, -0.15) is 21.6 Å². The molecule has 0 aliphatic heterocycles. The molecule has 1 N–H and O–H groups in total. The van der Waals surface area contributed by atoms with Gasteiger partial charge >= 0.3 is 21.7 Å². The van der Waals surface area contributed by atoms with Crippen molar-refractivity contribution >= 4 is 16.2 Å². The van der Waals surface area contributed by atoms with E-state index >= 15 is 0 Å². The van der Waals surface area contributed by atoms with Crippen LogP contribution in [0.5, 0.6) is 5.88 Å². The molecule has 2 rings (SSSR count). The van der Waals surface area contributed by atoms with Crippen molar-refractivity contribution in [2.24, 2.45) is 0 Å². The second kappa shape index (κ2) is 8.20. The van der Waals surface area contributed by atoms with Gasteiger partial charge < -0.3 is 14.2 Å². The van der Waals surface area contributed by atoms with Gasteiger partial charge in [0.05, 0.1) is 12.7 Å². The van der Waals surface area contributed by atoms with Gasteiger partial charge in [0.2, 0.25) is 5.88 Å². The van der Waals surface area contributed by atoms with Gasteiger partial charge in [-0.1, -0.05) is 30.3 Å². The lowest BCUT2D eigenvalue weighted by atomic mass is 10.2. The van der Waals surface area contributed by atoms with Crippen molar-refractivity contribution in [3.8, 4) is 5.88 Å². The number of alkyl carbamates (subject to hydrolysis) is 1. The van der Waals surface area contributed by atoms with E-state index in [1.54, 1.807) is 30.3 Å². The van der Waals surface area contributed by atoms with E-state index in [0.717, 1.165) is 0 Å². The summed E-state index contributed by atoms with van der Waals surface area (Å²) in [7, 11) is -6.00. The molecule has 27 heavy (non-hydrogen) atoms. The lowest BCUT2D eigenvalue weighted by Crippen LogP contribution is -2.29. The highest BCUT2D eigenvalue weighted by Gasteiger charge is 2.49. The van der Waals surface area contributed by atoms with Crippen LogP contribution in [-0.2, 0) is 28.0 Å². The molecule has 1 aromatic carbocycles. The first-order chi connectivity index (χ1) is 12.6. The van der Waals surface area contributed by atoms with E-state index in [9.17, 15) is 30.8 Å². The molecule has 7 nitrogen and oxygen atoms in total. The summed E-state index contributed by atoms with van der Waals surface area (Å²) in [6, 6.07) is 9.26. The van der Waals surface area contributed by atoms with E-state index in [4.69, 9.17) is 4.74 Å². The SMILES string of the molecule is O=C(NCc1cc(F)cnc1OS(=O)(=O)C(F)(F)F)OCc1ccccc1. The fraction of sp³-hybridized carbons (Fsp3) is 0.200. The number of hydrogen-bond acceptors (Lipinski definition) is 6. The third kappa shape index (κ3) is 5.81. The van der Waals surface area contributed by atoms with Crippen LogP contribution in [0.4, 0.5) is 22.4 Å². The molecule has 0 spiro atoms. The Morgan fingerprint density at radius 3 is 2.48 bits per heavy atom. The number of amides is 1. The lowest BCUT2D eigenvalue weighted by Gasteiger charge is -2.12. The number of nitrogens with one attached hydrogen (secondary N) is 1. The first-order valence-corrected chi connectivity index (χ1v) is 8.59. The van der Waals surface area contributed by atoms with Crippen LogP contribution >= 0.6 is 0 Å². The molecule has 1 aromatic heterocycles. The normalized spacial score (nSPS) is 11.7. The molecule has 0 bridgehead atoms. The van der Waals surface area contributed by atoms with Crippen LogP contribution in [0.25, 0.3) is 0 Å². The van der Waals surface area contributed by atoms with Crippen LogP contribution in [0.15, 0.2) is 42.6 Å². The first-order valence-electron chi connectivity index (χ1n) is 7.18. The van der Waals surface area contributed by atoms with Crippen LogP contribution in [0.3, 0.4) is 0 Å². The molecule has 0 saturated heterocycles. The Kier molecular flexibility index (Phi) is 6.20. The van der Waals surface area contributed by atoms with Crippen molar-refractivity contribution in [1.29, 1.82) is 0 Å². The molecule has 0 saturated carbocycles. The number of halogens is 4. The van der Waals surface area contributed by atoms with Gasteiger partial charge in [0, 0.05) is 5.56 Å². The van der Waals surface area contributed by atoms with E-state index in [-0.39, 0.29) is 6.61 Å². The minimum absolute atomic E-state index is 0.0834. The summed E-state index contributed by atoms with van der Waals surface area (Å²) < 4.78 is 81.4. The van der Waals surface area contributed by atoms with Gasteiger partial charge in [-0.3, -0.25) is 0 Å². The molecule has 1 amide bonds. The monoisotopic (exact) mass is 408 g/mol. The molecule has 2 aromatic rings. The third-order valence-electron chi connectivity index (χ3n) is 3.00. The van der Waals surface area contributed by atoms with E-state index < -0.39 is 45.5 Å². The molecule has 1 heterocycles. The summed E-state index contributed by atoms with van der Waals surface area (Å²) >= 11 is 0. The average molecular weight is 408 g/mol. The number of hydrogen-bond donors (Lipinski definition) is 1. The van der Waals surface area contributed by atoms with Gasteiger partial charge in [0.15, 0.2) is 0 Å². The second-order valence-corrected chi connectivity index (χ2v) is 6.55. The van der Waals surface area contributed by atoms with Crippen LogP contribution in [-0.4, -0.2) is 25.0 Å². The topological polar surface area (TPSA) is 94.6 Å². The number of rotatable bonds is 6. The molecule has 0 unspecified atom stereocenters. The summed E-state index contributed by atoms with van der Waals surface area (Å²) in [5.41, 5.74) is -5.44.